The van der Waals surface area contributed by atoms with Crippen LogP contribution in [0.5, 0.6) is 0 Å². The number of aromatic amines is 1. The molecule has 0 radical (unpaired) electrons. The molecule has 2 heterocycles. The van der Waals surface area contributed by atoms with E-state index < -0.39 is 0 Å². The largest absolute Gasteiger partial charge is 0.369 e. The number of likely N-dealkylation sites (N-methyl/N-ethyl adjacent to an activating group) is 1. The van der Waals surface area contributed by atoms with Crippen LogP contribution in [0, 0.1) is 6.92 Å². The van der Waals surface area contributed by atoms with E-state index in [1.54, 1.807) is 0 Å². The van der Waals surface area contributed by atoms with Gasteiger partial charge in [-0.1, -0.05) is 36.4 Å². The van der Waals surface area contributed by atoms with Gasteiger partial charge in [0.1, 0.15) is 11.6 Å². The highest BCUT2D eigenvalue weighted by atomic mass is 15.2. The molecule has 0 atom stereocenters. The van der Waals surface area contributed by atoms with Crippen LogP contribution in [0.1, 0.15) is 17.1 Å². The van der Waals surface area contributed by atoms with Gasteiger partial charge < -0.3 is 15.5 Å². The highest BCUT2D eigenvalue weighted by Gasteiger charge is 2.05. The van der Waals surface area contributed by atoms with Crippen LogP contribution in [-0.2, 0) is 0 Å². The molecule has 0 amide bonds. The van der Waals surface area contributed by atoms with Crippen molar-refractivity contribution in [2.24, 2.45) is 0 Å². The average molecular weight is 363 g/mol. The molecular formula is C20H25N7. The van der Waals surface area contributed by atoms with Gasteiger partial charge in [-0.3, -0.25) is 5.10 Å². The first kappa shape index (κ1) is 18.6. The van der Waals surface area contributed by atoms with Gasteiger partial charge in [0.25, 0.3) is 0 Å². The van der Waals surface area contributed by atoms with Crippen molar-refractivity contribution in [1.82, 2.24) is 25.1 Å². The van der Waals surface area contributed by atoms with Crippen LogP contribution in [0.15, 0.2) is 42.5 Å². The molecule has 0 unspecified atom stereocenters. The molecule has 3 rings (SSSR count). The molecule has 0 aliphatic heterocycles. The van der Waals surface area contributed by atoms with Crippen molar-refractivity contribution in [3.8, 4) is 0 Å². The van der Waals surface area contributed by atoms with Crippen LogP contribution in [-0.4, -0.2) is 52.3 Å². The zero-order chi connectivity index (χ0) is 19.1. The van der Waals surface area contributed by atoms with Crippen molar-refractivity contribution < 1.29 is 0 Å². The second kappa shape index (κ2) is 8.95. The van der Waals surface area contributed by atoms with E-state index in [0.717, 1.165) is 36.0 Å². The van der Waals surface area contributed by atoms with Crippen LogP contribution in [0.2, 0.25) is 0 Å². The van der Waals surface area contributed by atoms with Crippen molar-refractivity contribution in [2.75, 3.05) is 37.8 Å². The number of nitrogens with zero attached hydrogens (tertiary/aromatic N) is 4. The topological polar surface area (TPSA) is 81.8 Å². The fraction of sp³-hybridized carbons (Fsp3) is 0.250. The van der Waals surface area contributed by atoms with Gasteiger partial charge in [0, 0.05) is 30.9 Å². The van der Waals surface area contributed by atoms with Gasteiger partial charge in [-0.05, 0) is 32.7 Å². The zero-order valence-electron chi connectivity index (χ0n) is 15.9. The first-order valence-electron chi connectivity index (χ1n) is 8.88. The average Bonchev–Trinajstić information content (AvgIpc) is 3.05. The van der Waals surface area contributed by atoms with E-state index >= 15 is 0 Å². The second-order valence-corrected chi connectivity index (χ2v) is 6.53. The summed E-state index contributed by atoms with van der Waals surface area (Å²) in [6.45, 7) is 3.67. The van der Waals surface area contributed by atoms with Gasteiger partial charge in [0.05, 0.1) is 0 Å². The number of anilines is 3. The lowest BCUT2D eigenvalue weighted by Crippen LogP contribution is -2.21. The van der Waals surface area contributed by atoms with Crippen LogP contribution in [0.4, 0.5) is 17.5 Å². The zero-order valence-corrected chi connectivity index (χ0v) is 15.9. The number of hydrogen-bond donors (Lipinski definition) is 3. The van der Waals surface area contributed by atoms with Gasteiger partial charge in [-0.25, -0.2) is 9.97 Å². The first-order valence-corrected chi connectivity index (χ1v) is 8.88. The Kier molecular flexibility index (Phi) is 6.17. The molecule has 140 valence electrons. The predicted molar refractivity (Wildman–Crippen MR) is 111 cm³/mol. The summed E-state index contributed by atoms with van der Waals surface area (Å²) in [5.41, 5.74) is 2.09. The van der Waals surface area contributed by atoms with Crippen LogP contribution < -0.4 is 10.6 Å². The molecule has 0 aliphatic carbocycles. The Morgan fingerprint density at radius 1 is 1.00 bits per heavy atom. The molecule has 0 saturated carbocycles. The van der Waals surface area contributed by atoms with Crippen molar-refractivity contribution in [2.45, 2.75) is 6.92 Å². The Bertz CT molecular complexity index is 884. The predicted octanol–water partition coefficient (Wildman–Crippen LogP) is 3.40. The molecular weight excluding hydrogens is 338 g/mol. The Morgan fingerprint density at radius 3 is 2.48 bits per heavy atom. The summed E-state index contributed by atoms with van der Waals surface area (Å²) in [4.78, 5) is 11.3. The summed E-state index contributed by atoms with van der Waals surface area (Å²) in [5.74, 6) is 2.82. The lowest BCUT2D eigenvalue weighted by Gasteiger charge is -2.12. The number of aromatic nitrogens is 4. The van der Waals surface area contributed by atoms with Crippen molar-refractivity contribution in [3.05, 3.63) is 59.5 Å². The standard InChI is InChI=1S/C20H25N7/c1-15-13-20(26-25-15)24-19-14-18(21-11-12-27(2)3)22-17(23-19)10-9-16-7-5-4-6-8-16/h4-10,13-14H,11-12H2,1-3H3,(H3,21,22,23,24,25,26)/b10-9+. The van der Waals surface area contributed by atoms with Gasteiger partial charge in [-0.15, -0.1) is 0 Å². The van der Waals surface area contributed by atoms with E-state index in [9.17, 15) is 0 Å². The van der Waals surface area contributed by atoms with E-state index in [1.807, 2.05) is 75.6 Å². The minimum absolute atomic E-state index is 0.628. The Balaban J connectivity index is 1.81. The van der Waals surface area contributed by atoms with Crippen molar-refractivity contribution >= 4 is 29.6 Å². The van der Waals surface area contributed by atoms with E-state index in [0.29, 0.717) is 11.6 Å². The third-order valence-electron chi connectivity index (χ3n) is 3.80. The normalized spacial score (nSPS) is 11.3. The van der Waals surface area contributed by atoms with Gasteiger partial charge in [-0.2, -0.15) is 5.10 Å². The summed E-state index contributed by atoms with van der Waals surface area (Å²) in [7, 11) is 4.09. The molecule has 0 aliphatic rings. The lowest BCUT2D eigenvalue weighted by molar-refractivity contribution is 0.425. The highest BCUT2D eigenvalue weighted by molar-refractivity contribution is 5.68. The molecule has 1 aromatic carbocycles. The van der Waals surface area contributed by atoms with Gasteiger partial charge in [0.2, 0.25) is 0 Å². The number of H-pyrrole nitrogens is 1. The molecule has 7 heteroatoms. The summed E-state index contributed by atoms with van der Waals surface area (Å²) >= 11 is 0. The smallest absolute Gasteiger partial charge is 0.156 e. The van der Waals surface area contributed by atoms with Crippen molar-refractivity contribution in [1.29, 1.82) is 0 Å². The van der Waals surface area contributed by atoms with E-state index in [-0.39, 0.29) is 0 Å². The molecule has 0 saturated heterocycles. The summed E-state index contributed by atoms with van der Waals surface area (Å²) in [6, 6.07) is 13.9. The van der Waals surface area contributed by atoms with Gasteiger partial charge in [0.15, 0.2) is 11.6 Å². The Labute approximate surface area is 159 Å². The maximum absolute atomic E-state index is 4.60. The van der Waals surface area contributed by atoms with Gasteiger partial charge >= 0.3 is 0 Å². The molecule has 0 spiro atoms. The Hall–Kier alpha value is -3.19. The monoisotopic (exact) mass is 363 g/mol. The molecule has 27 heavy (non-hydrogen) atoms. The SMILES string of the molecule is Cc1cc(Nc2cc(NCCN(C)C)nc(/C=C/c3ccccc3)n2)n[nH]1. The number of benzene rings is 1. The summed E-state index contributed by atoms with van der Waals surface area (Å²) in [5, 5.41) is 13.7. The van der Waals surface area contributed by atoms with E-state index in [2.05, 4.69) is 35.7 Å². The minimum atomic E-state index is 0.628. The van der Waals surface area contributed by atoms with Crippen molar-refractivity contribution in [3.63, 3.8) is 0 Å². The summed E-state index contributed by atoms with van der Waals surface area (Å²) in [6.07, 6.45) is 3.91. The molecule has 7 nitrogen and oxygen atoms in total. The molecule has 0 bridgehead atoms. The number of nitrogens with one attached hydrogen (secondary N) is 3. The molecule has 3 aromatic rings. The fourth-order valence-electron chi connectivity index (χ4n) is 2.45. The van der Waals surface area contributed by atoms with Crippen LogP contribution >= 0.6 is 0 Å². The van der Waals surface area contributed by atoms with E-state index in [1.165, 1.54) is 0 Å². The molecule has 2 aromatic heterocycles. The van der Waals surface area contributed by atoms with E-state index in [4.69, 9.17) is 0 Å². The molecule has 3 N–H and O–H groups in total. The number of rotatable bonds is 8. The maximum atomic E-state index is 4.60. The Morgan fingerprint density at radius 2 is 1.78 bits per heavy atom. The number of aryl methyl sites for hydroxylation is 1. The second-order valence-electron chi connectivity index (χ2n) is 6.53. The highest BCUT2D eigenvalue weighted by Crippen LogP contribution is 2.17. The minimum Gasteiger partial charge on any atom is -0.369 e. The third-order valence-corrected chi connectivity index (χ3v) is 3.80. The van der Waals surface area contributed by atoms with Crippen LogP contribution in [0.25, 0.3) is 12.2 Å². The fourth-order valence-corrected chi connectivity index (χ4v) is 2.45. The quantitative estimate of drug-likeness (QED) is 0.569. The van der Waals surface area contributed by atoms with Crippen LogP contribution in [0.3, 0.4) is 0 Å². The summed E-state index contributed by atoms with van der Waals surface area (Å²) < 4.78 is 0. The molecule has 0 fully saturated rings. The first-order chi connectivity index (χ1) is 13.1. The maximum Gasteiger partial charge on any atom is 0.156 e. The number of hydrogen-bond acceptors (Lipinski definition) is 6. The lowest BCUT2D eigenvalue weighted by atomic mass is 10.2. The third kappa shape index (κ3) is 5.93.